The molecule has 10 nitrogen and oxygen atoms in total. The fourth-order valence-electron chi connectivity index (χ4n) is 2.52. The molecule has 0 saturated carbocycles. The summed E-state index contributed by atoms with van der Waals surface area (Å²) in [5.41, 5.74) is 0.769. The van der Waals surface area contributed by atoms with Gasteiger partial charge < -0.3 is 24.3 Å². The fraction of sp³-hybridized carbons (Fsp3) is 0.174. The lowest BCUT2D eigenvalue weighted by molar-refractivity contribution is -0.134. The first kappa shape index (κ1) is 24.8. The monoisotopic (exact) mass is 455 g/mol. The molecular formula is C23H21NO9. The molecule has 1 N–H and O–H groups in total. The highest BCUT2D eigenvalue weighted by Gasteiger charge is 2.13. The SMILES string of the molecule is CC(=O)Oc1ccc(/C=C/C(=O)Nc2ccc(OC(C)=O)c(OC(C)=O)c2)cc1OC(C)=O. The summed E-state index contributed by atoms with van der Waals surface area (Å²) < 4.78 is 20.0. The van der Waals surface area contributed by atoms with Crippen LogP contribution in [0.4, 0.5) is 5.69 Å². The van der Waals surface area contributed by atoms with Crippen LogP contribution in [0.25, 0.3) is 6.08 Å². The van der Waals surface area contributed by atoms with Crippen LogP contribution >= 0.6 is 0 Å². The molecule has 1 amide bonds. The van der Waals surface area contributed by atoms with E-state index in [0.717, 1.165) is 0 Å². The molecule has 0 atom stereocenters. The Morgan fingerprint density at radius 1 is 0.636 bits per heavy atom. The zero-order valence-corrected chi connectivity index (χ0v) is 18.3. The first-order valence-corrected chi connectivity index (χ1v) is 9.54. The van der Waals surface area contributed by atoms with Crippen LogP contribution in [0.1, 0.15) is 33.3 Å². The second-order valence-electron chi connectivity index (χ2n) is 6.56. The summed E-state index contributed by atoms with van der Waals surface area (Å²) in [5.74, 6) is -2.88. The zero-order chi connectivity index (χ0) is 24.5. The lowest BCUT2D eigenvalue weighted by atomic mass is 10.2. The highest BCUT2D eigenvalue weighted by Crippen LogP contribution is 2.31. The molecule has 2 rings (SSSR count). The van der Waals surface area contributed by atoms with Gasteiger partial charge in [0.1, 0.15) is 0 Å². The number of hydrogen-bond acceptors (Lipinski definition) is 9. The number of benzene rings is 2. The number of nitrogens with one attached hydrogen (secondary N) is 1. The molecule has 0 aliphatic rings. The Hall–Kier alpha value is -4.47. The highest BCUT2D eigenvalue weighted by atomic mass is 16.6. The summed E-state index contributed by atoms with van der Waals surface area (Å²) in [6.45, 7) is 4.79. The van der Waals surface area contributed by atoms with E-state index in [1.54, 1.807) is 6.07 Å². The second kappa shape index (κ2) is 11.2. The van der Waals surface area contributed by atoms with Crippen molar-refractivity contribution in [3.05, 3.63) is 48.0 Å². The van der Waals surface area contributed by atoms with E-state index in [1.165, 1.54) is 70.2 Å². The van der Waals surface area contributed by atoms with Gasteiger partial charge in [0, 0.05) is 45.5 Å². The van der Waals surface area contributed by atoms with E-state index >= 15 is 0 Å². The zero-order valence-electron chi connectivity index (χ0n) is 18.3. The first-order valence-electron chi connectivity index (χ1n) is 9.54. The van der Waals surface area contributed by atoms with E-state index in [-0.39, 0.29) is 28.7 Å². The Balaban J connectivity index is 2.18. The number of carbonyl (C=O) groups excluding carboxylic acids is 5. The summed E-state index contributed by atoms with van der Waals surface area (Å²) >= 11 is 0. The molecule has 2 aromatic rings. The van der Waals surface area contributed by atoms with Gasteiger partial charge in [-0.15, -0.1) is 0 Å². The summed E-state index contributed by atoms with van der Waals surface area (Å²) in [4.78, 5) is 57.3. The number of ether oxygens (including phenoxy) is 4. The van der Waals surface area contributed by atoms with E-state index in [9.17, 15) is 24.0 Å². The van der Waals surface area contributed by atoms with Crippen molar-refractivity contribution in [1.29, 1.82) is 0 Å². The lowest BCUT2D eigenvalue weighted by Crippen LogP contribution is -2.10. The van der Waals surface area contributed by atoms with Gasteiger partial charge in [-0.3, -0.25) is 24.0 Å². The van der Waals surface area contributed by atoms with Gasteiger partial charge in [-0.05, 0) is 35.9 Å². The molecule has 33 heavy (non-hydrogen) atoms. The van der Waals surface area contributed by atoms with Crippen LogP contribution in [0.15, 0.2) is 42.5 Å². The minimum Gasteiger partial charge on any atom is -0.423 e. The van der Waals surface area contributed by atoms with Gasteiger partial charge in [0.05, 0.1) is 0 Å². The maximum atomic E-state index is 12.3. The molecule has 0 aliphatic heterocycles. The molecule has 0 saturated heterocycles. The summed E-state index contributed by atoms with van der Waals surface area (Å²) in [6.07, 6.45) is 2.66. The number of amides is 1. The first-order chi connectivity index (χ1) is 15.5. The molecular weight excluding hydrogens is 434 g/mol. The maximum Gasteiger partial charge on any atom is 0.308 e. The smallest absolute Gasteiger partial charge is 0.308 e. The van der Waals surface area contributed by atoms with Gasteiger partial charge in [0.25, 0.3) is 0 Å². The normalized spacial score (nSPS) is 10.3. The van der Waals surface area contributed by atoms with E-state index < -0.39 is 29.8 Å². The predicted octanol–water partition coefficient (Wildman–Crippen LogP) is 3.04. The molecule has 0 bridgehead atoms. The molecule has 0 fully saturated rings. The minimum atomic E-state index is -0.632. The van der Waals surface area contributed by atoms with Crippen LogP contribution in [0.5, 0.6) is 23.0 Å². The summed E-state index contributed by atoms with van der Waals surface area (Å²) in [6, 6.07) is 8.58. The number of esters is 4. The van der Waals surface area contributed by atoms with Gasteiger partial charge in [-0.25, -0.2) is 0 Å². The van der Waals surface area contributed by atoms with E-state index in [1.807, 2.05) is 0 Å². The van der Waals surface area contributed by atoms with E-state index in [4.69, 9.17) is 18.9 Å². The largest absolute Gasteiger partial charge is 0.423 e. The molecule has 172 valence electrons. The van der Waals surface area contributed by atoms with Crippen molar-refractivity contribution in [1.82, 2.24) is 0 Å². The Kier molecular flexibility index (Phi) is 8.44. The predicted molar refractivity (Wildman–Crippen MR) is 116 cm³/mol. The third-order valence-electron chi connectivity index (χ3n) is 3.62. The molecule has 0 unspecified atom stereocenters. The van der Waals surface area contributed by atoms with Crippen LogP contribution in [0.2, 0.25) is 0 Å². The maximum absolute atomic E-state index is 12.3. The molecule has 0 aliphatic carbocycles. The third kappa shape index (κ3) is 8.29. The number of anilines is 1. The van der Waals surface area contributed by atoms with Crippen molar-refractivity contribution in [2.24, 2.45) is 0 Å². The van der Waals surface area contributed by atoms with E-state index in [0.29, 0.717) is 5.56 Å². The van der Waals surface area contributed by atoms with E-state index in [2.05, 4.69) is 5.32 Å². The molecule has 0 radical (unpaired) electrons. The minimum absolute atomic E-state index is 0.0207. The van der Waals surface area contributed by atoms with Gasteiger partial charge in [-0.1, -0.05) is 6.07 Å². The van der Waals surface area contributed by atoms with Gasteiger partial charge >= 0.3 is 23.9 Å². The van der Waals surface area contributed by atoms with Crippen LogP contribution < -0.4 is 24.3 Å². The Morgan fingerprint density at radius 2 is 1.09 bits per heavy atom. The molecule has 2 aromatic carbocycles. The van der Waals surface area contributed by atoms with Crippen LogP contribution in [-0.4, -0.2) is 29.8 Å². The Morgan fingerprint density at radius 3 is 1.61 bits per heavy atom. The standard InChI is InChI=1S/C23H21NO9/c1-13(25)30-19-8-5-17(11-21(19)32-15(3)27)6-10-23(29)24-18-7-9-20(31-14(2)26)22(12-18)33-16(4)28/h5-12H,1-4H3,(H,24,29)/b10-6+. The average molecular weight is 455 g/mol. The van der Waals surface area contributed by atoms with Crippen molar-refractivity contribution in [2.45, 2.75) is 27.7 Å². The van der Waals surface area contributed by atoms with Crippen molar-refractivity contribution in [3.63, 3.8) is 0 Å². The van der Waals surface area contributed by atoms with Crippen molar-refractivity contribution in [2.75, 3.05) is 5.32 Å². The van der Waals surface area contributed by atoms with Crippen LogP contribution in [-0.2, 0) is 24.0 Å². The summed E-state index contributed by atoms with van der Waals surface area (Å²) in [5, 5.41) is 2.58. The highest BCUT2D eigenvalue weighted by molar-refractivity contribution is 6.02. The van der Waals surface area contributed by atoms with Gasteiger partial charge in [0.15, 0.2) is 23.0 Å². The van der Waals surface area contributed by atoms with Gasteiger partial charge in [-0.2, -0.15) is 0 Å². The molecule has 0 heterocycles. The molecule has 0 spiro atoms. The molecule has 10 heteroatoms. The Bertz CT molecular complexity index is 1130. The van der Waals surface area contributed by atoms with Crippen molar-refractivity contribution in [3.8, 4) is 23.0 Å². The topological polar surface area (TPSA) is 134 Å². The third-order valence-corrected chi connectivity index (χ3v) is 3.62. The number of carbonyl (C=O) groups is 5. The number of rotatable bonds is 7. The van der Waals surface area contributed by atoms with Gasteiger partial charge in [0.2, 0.25) is 5.91 Å². The second-order valence-corrected chi connectivity index (χ2v) is 6.56. The van der Waals surface area contributed by atoms with Crippen LogP contribution in [0, 0.1) is 0 Å². The number of hydrogen-bond donors (Lipinski definition) is 1. The Labute approximate surface area is 189 Å². The summed E-state index contributed by atoms with van der Waals surface area (Å²) in [7, 11) is 0. The molecule has 0 aromatic heterocycles. The van der Waals surface area contributed by atoms with Crippen LogP contribution in [0.3, 0.4) is 0 Å². The lowest BCUT2D eigenvalue weighted by Gasteiger charge is -2.11. The van der Waals surface area contributed by atoms with Crippen molar-refractivity contribution < 1.29 is 42.9 Å². The average Bonchev–Trinajstić information content (AvgIpc) is 2.68. The van der Waals surface area contributed by atoms with Crippen molar-refractivity contribution >= 4 is 41.5 Å². The fourth-order valence-corrected chi connectivity index (χ4v) is 2.52. The quantitative estimate of drug-likeness (QED) is 0.380.